The molecule has 1 atom stereocenters. The molecule has 0 saturated carbocycles. The van der Waals surface area contributed by atoms with Crippen LogP contribution in [-0.4, -0.2) is 19.0 Å². The molecule has 1 aromatic carbocycles. The van der Waals surface area contributed by atoms with Crippen LogP contribution in [0.25, 0.3) is 0 Å². The van der Waals surface area contributed by atoms with Crippen LogP contribution >= 0.6 is 0 Å². The van der Waals surface area contributed by atoms with Gasteiger partial charge in [-0.05, 0) is 63.4 Å². The largest absolute Gasteiger partial charge is 0.326 e. The summed E-state index contributed by atoms with van der Waals surface area (Å²) in [6.45, 7) is 5.88. The molecule has 112 valence electrons. The van der Waals surface area contributed by atoms with Crippen LogP contribution in [0.1, 0.15) is 38.7 Å². The van der Waals surface area contributed by atoms with Crippen molar-refractivity contribution in [1.29, 1.82) is 5.26 Å². The third kappa shape index (κ3) is 4.30. The number of rotatable bonds is 5. The minimum atomic E-state index is -0.502. The van der Waals surface area contributed by atoms with Crippen molar-refractivity contribution in [3.63, 3.8) is 0 Å². The summed E-state index contributed by atoms with van der Waals surface area (Å²) < 4.78 is 0. The first-order chi connectivity index (χ1) is 10.0. The highest BCUT2D eigenvalue weighted by Crippen LogP contribution is 2.23. The summed E-state index contributed by atoms with van der Waals surface area (Å²) >= 11 is 0. The Balaban J connectivity index is 1.85. The fourth-order valence-corrected chi connectivity index (χ4v) is 2.55. The fraction of sp³-hybridized carbons (Fsp3) is 0.529. The van der Waals surface area contributed by atoms with Crippen molar-refractivity contribution < 1.29 is 4.79 Å². The fourth-order valence-electron chi connectivity index (χ4n) is 2.55. The highest BCUT2D eigenvalue weighted by molar-refractivity contribution is 5.90. The normalized spacial score (nSPS) is 18.2. The number of anilines is 1. The van der Waals surface area contributed by atoms with Gasteiger partial charge < -0.3 is 10.6 Å². The summed E-state index contributed by atoms with van der Waals surface area (Å²) in [6, 6.07) is 9.81. The molecule has 1 aliphatic heterocycles. The van der Waals surface area contributed by atoms with E-state index in [0.717, 1.165) is 30.8 Å². The van der Waals surface area contributed by atoms with Crippen molar-refractivity contribution >= 4 is 11.6 Å². The third-order valence-corrected chi connectivity index (χ3v) is 4.11. The predicted molar refractivity (Wildman–Crippen MR) is 83.9 cm³/mol. The molecule has 1 unspecified atom stereocenters. The van der Waals surface area contributed by atoms with Crippen molar-refractivity contribution in [1.82, 2.24) is 5.32 Å². The second-order valence-electron chi connectivity index (χ2n) is 6.26. The number of nitriles is 1. The summed E-state index contributed by atoms with van der Waals surface area (Å²) in [5, 5.41) is 15.3. The molecule has 1 aromatic rings. The van der Waals surface area contributed by atoms with Crippen LogP contribution in [0.4, 0.5) is 5.69 Å². The first-order valence-electron chi connectivity index (χ1n) is 7.53. The van der Waals surface area contributed by atoms with E-state index in [9.17, 15) is 4.79 Å². The lowest BCUT2D eigenvalue weighted by Gasteiger charge is -2.16. The van der Waals surface area contributed by atoms with Crippen LogP contribution in [0, 0.1) is 17.2 Å². The Kier molecular flexibility index (Phi) is 4.98. The smallest absolute Gasteiger partial charge is 0.224 e. The van der Waals surface area contributed by atoms with Crippen molar-refractivity contribution in [3.05, 3.63) is 29.8 Å². The van der Waals surface area contributed by atoms with E-state index in [1.54, 1.807) is 0 Å². The molecule has 4 nitrogen and oxygen atoms in total. The molecule has 1 saturated heterocycles. The zero-order valence-electron chi connectivity index (χ0n) is 12.8. The molecule has 0 bridgehead atoms. The number of benzene rings is 1. The van der Waals surface area contributed by atoms with Gasteiger partial charge >= 0.3 is 0 Å². The average molecular weight is 285 g/mol. The molecule has 1 fully saturated rings. The van der Waals surface area contributed by atoms with Gasteiger partial charge in [0.05, 0.1) is 11.5 Å². The molecular formula is C17H23N3O. The van der Waals surface area contributed by atoms with Gasteiger partial charge in [-0.25, -0.2) is 0 Å². The number of carbonyl (C=O) groups is 1. The Hall–Kier alpha value is -1.86. The Bertz CT molecular complexity index is 522. The van der Waals surface area contributed by atoms with Gasteiger partial charge in [0, 0.05) is 12.1 Å². The van der Waals surface area contributed by atoms with Gasteiger partial charge in [-0.2, -0.15) is 5.26 Å². The quantitative estimate of drug-likeness (QED) is 0.874. The van der Waals surface area contributed by atoms with E-state index in [-0.39, 0.29) is 5.91 Å². The monoisotopic (exact) mass is 285 g/mol. The summed E-state index contributed by atoms with van der Waals surface area (Å²) in [5.74, 6) is 0.698. The summed E-state index contributed by atoms with van der Waals surface area (Å²) in [5.41, 5.74) is 1.25. The van der Waals surface area contributed by atoms with E-state index >= 15 is 0 Å². The van der Waals surface area contributed by atoms with Crippen LogP contribution in [-0.2, 0) is 10.2 Å². The second kappa shape index (κ2) is 6.73. The molecule has 2 rings (SSSR count). The molecule has 0 aromatic heterocycles. The van der Waals surface area contributed by atoms with Crippen LogP contribution < -0.4 is 10.6 Å². The van der Waals surface area contributed by atoms with E-state index in [1.165, 1.54) is 6.42 Å². The van der Waals surface area contributed by atoms with E-state index in [1.807, 2.05) is 38.1 Å². The zero-order chi connectivity index (χ0) is 15.3. The van der Waals surface area contributed by atoms with E-state index in [2.05, 4.69) is 16.7 Å². The topological polar surface area (TPSA) is 64.9 Å². The number of hydrogen-bond donors (Lipinski definition) is 2. The van der Waals surface area contributed by atoms with Crippen molar-refractivity contribution in [2.24, 2.45) is 5.92 Å². The number of nitrogens with one attached hydrogen (secondary N) is 2. The Labute approximate surface area is 126 Å². The van der Waals surface area contributed by atoms with Gasteiger partial charge in [0.25, 0.3) is 0 Å². The highest BCUT2D eigenvalue weighted by Gasteiger charge is 2.19. The van der Waals surface area contributed by atoms with Gasteiger partial charge in [0.1, 0.15) is 0 Å². The molecule has 1 aliphatic rings. The van der Waals surface area contributed by atoms with E-state index in [0.29, 0.717) is 12.3 Å². The third-order valence-electron chi connectivity index (χ3n) is 4.11. The lowest BCUT2D eigenvalue weighted by Crippen LogP contribution is -2.16. The Morgan fingerprint density at radius 3 is 2.71 bits per heavy atom. The van der Waals surface area contributed by atoms with Crippen LogP contribution in [0.15, 0.2) is 24.3 Å². The molecule has 0 spiro atoms. The van der Waals surface area contributed by atoms with Crippen molar-refractivity contribution in [3.8, 4) is 6.07 Å². The van der Waals surface area contributed by atoms with E-state index in [4.69, 9.17) is 5.26 Å². The SMILES string of the molecule is CC(C)(C#N)c1ccc(NC(=O)CCC2CCNC2)cc1. The summed E-state index contributed by atoms with van der Waals surface area (Å²) in [7, 11) is 0. The van der Waals surface area contributed by atoms with Gasteiger partial charge in [-0.1, -0.05) is 12.1 Å². The second-order valence-corrected chi connectivity index (χ2v) is 6.26. The number of amides is 1. The van der Waals surface area contributed by atoms with E-state index < -0.39 is 5.41 Å². The molecule has 4 heteroatoms. The minimum absolute atomic E-state index is 0.0641. The first-order valence-corrected chi connectivity index (χ1v) is 7.53. The van der Waals surface area contributed by atoms with Gasteiger partial charge in [0.2, 0.25) is 5.91 Å². The lowest BCUT2D eigenvalue weighted by atomic mass is 9.86. The zero-order valence-corrected chi connectivity index (χ0v) is 12.8. The molecule has 0 aliphatic carbocycles. The Morgan fingerprint density at radius 2 is 2.14 bits per heavy atom. The maximum absolute atomic E-state index is 11.9. The number of carbonyl (C=O) groups excluding carboxylic acids is 1. The molecule has 21 heavy (non-hydrogen) atoms. The predicted octanol–water partition coefficient (Wildman–Crippen LogP) is 2.82. The van der Waals surface area contributed by atoms with Gasteiger partial charge in [-0.15, -0.1) is 0 Å². The molecule has 2 N–H and O–H groups in total. The van der Waals surface area contributed by atoms with Gasteiger partial charge in [0.15, 0.2) is 0 Å². The van der Waals surface area contributed by atoms with Gasteiger partial charge in [-0.3, -0.25) is 4.79 Å². The Morgan fingerprint density at radius 1 is 1.43 bits per heavy atom. The molecule has 1 heterocycles. The summed E-state index contributed by atoms with van der Waals surface area (Å²) in [4.78, 5) is 11.9. The lowest BCUT2D eigenvalue weighted by molar-refractivity contribution is -0.116. The van der Waals surface area contributed by atoms with Crippen molar-refractivity contribution in [2.75, 3.05) is 18.4 Å². The number of hydrogen-bond acceptors (Lipinski definition) is 3. The standard InChI is InChI=1S/C17H23N3O/c1-17(2,12-18)14-4-6-15(7-5-14)20-16(21)8-3-13-9-10-19-11-13/h4-7,13,19H,3,8-11H2,1-2H3,(H,20,21). The maximum atomic E-state index is 11.9. The highest BCUT2D eigenvalue weighted by atomic mass is 16.1. The van der Waals surface area contributed by atoms with Crippen LogP contribution in [0.3, 0.4) is 0 Å². The van der Waals surface area contributed by atoms with Crippen LogP contribution in [0.5, 0.6) is 0 Å². The molecular weight excluding hydrogens is 262 g/mol. The number of nitrogens with zero attached hydrogens (tertiary/aromatic N) is 1. The van der Waals surface area contributed by atoms with Crippen LogP contribution in [0.2, 0.25) is 0 Å². The molecule has 0 radical (unpaired) electrons. The van der Waals surface area contributed by atoms with Crippen molar-refractivity contribution in [2.45, 2.75) is 38.5 Å². The molecule has 1 amide bonds. The summed E-state index contributed by atoms with van der Waals surface area (Å²) in [6.07, 6.45) is 2.68. The average Bonchev–Trinajstić information content (AvgIpc) is 2.99. The maximum Gasteiger partial charge on any atom is 0.224 e. The first kappa shape index (κ1) is 15.5. The minimum Gasteiger partial charge on any atom is -0.326 e.